The molecule has 21 heavy (non-hydrogen) atoms. The Morgan fingerprint density at radius 1 is 1.24 bits per heavy atom. The summed E-state index contributed by atoms with van der Waals surface area (Å²) in [5.41, 5.74) is -0.442. The van der Waals surface area contributed by atoms with Crippen LogP contribution < -0.4 is 10.6 Å². The van der Waals surface area contributed by atoms with E-state index in [-0.39, 0.29) is 12.2 Å². The van der Waals surface area contributed by atoms with Gasteiger partial charge in [0.05, 0.1) is 6.10 Å². The molecule has 0 aliphatic heterocycles. The Labute approximate surface area is 127 Å². The average molecular weight is 298 g/mol. The zero-order chi connectivity index (χ0) is 15.5. The Balaban J connectivity index is 1.65. The van der Waals surface area contributed by atoms with Crippen LogP contribution in [0, 0.1) is 11.8 Å². The molecule has 122 valence electrons. The molecule has 5 heteroatoms. The number of ether oxygens (including phenoxy) is 1. The second-order valence-corrected chi connectivity index (χ2v) is 7.58. The van der Waals surface area contributed by atoms with E-state index >= 15 is 0 Å². The van der Waals surface area contributed by atoms with Crippen LogP contribution in [-0.2, 0) is 4.74 Å². The van der Waals surface area contributed by atoms with Crippen molar-refractivity contribution in [1.82, 2.24) is 10.6 Å². The lowest BCUT2D eigenvalue weighted by Gasteiger charge is -2.33. The smallest absolute Gasteiger partial charge is 0.407 e. The second-order valence-electron chi connectivity index (χ2n) is 7.58. The van der Waals surface area contributed by atoms with Crippen molar-refractivity contribution in [3.63, 3.8) is 0 Å². The van der Waals surface area contributed by atoms with Crippen LogP contribution in [0.25, 0.3) is 0 Å². The zero-order valence-corrected chi connectivity index (χ0v) is 13.5. The van der Waals surface area contributed by atoms with Crippen molar-refractivity contribution < 1.29 is 14.6 Å². The van der Waals surface area contributed by atoms with Gasteiger partial charge in [-0.2, -0.15) is 0 Å². The van der Waals surface area contributed by atoms with E-state index in [2.05, 4.69) is 10.6 Å². The van der Waals surface area contributed by atoms with Crippen LogP contribution in [0.2, 0.25) is 0 Å². The van der Waals surface area contributed by atoms with Crippen molar-refractivity contribution in [2.45, 2.75) is 70.6 Å². The van der Waals surface area contributed by atoms with Crippen LogP contribution in [0.5, 0.6) is 0 Å². The fourth-order valence-electron chi connectivity index (χ4n) is 3.26. The number of carbonyl (C=O) groups is 1. The molecule has 0 heterocycles. The van der Waals surface area contributed by atoms with Crippen molar-refractivity contribution in [3.05, 3.63) is 0 Å². The number of hydrogen-bond donors (Lipinski definition) is 3. The number of amides is 1. The fourth-order valence-corrected chi connectivity index (χ4v) is 3.26. The lowest BCUT2D eigenvalue weighted by molar-refractivity contribution is 0.0406. The number of nitrogens with one attached hydrogen (secondary N) is 2. The van der Waals surface area contributed by atoms with Crippen molar-refractivity contribution in [2.24, 2.45) is 11.8 Å². The van der Waals surface area contributed by atoms with Crippen LogP contribution in [0.15, 0.2) is 0 Å². The third kappa shape index (κ3) is 5.47. The van der Waals surface area contributed by atoms with Gasteiger partial charge in [-0.05, 0) is 64.8 Å². The molecule has 2 aliphatic rings. The quantitative estimate of drug-likeness (QED) is 0.726. The van der Waals surface area contributed by atoms with Crippen molar-refractivity contribution in [2.75, 3.05) is 13.1 Å². The fraction of sp³-hybridized carbons (Fsp3) is 0.938. The standard InChI is InChI=1S/C16H30N2O3/c1-16(2,3)21-15(20)18-10-12-5-4-6-14(12)17-9-11-7-13(19)8-11/h11-14,17,19H,4-10H2,1-3H3,(H,18,20). The summed E-state index contributed by atoms with van der Waals surface area (Å²) in [4.78, 5) is 11.7. The van der Waals surface area contributed by atoms with Gasteiger partial charge in [-0.1, -0.05) is 6.42 Å². The van der Waals surface area contributed by atoms with E-state index in [0.717, 1.165) is 25.8 Å². The van der Waals surface area contributed by atoms with E-state index in [1.165, 1.54) is 12.8 Å². The van der Waals surface area contributed by atoms with Crippen LogP contribution in [0.4, 0.5) is 4.79 Å². The molecule has 2 saturated carbocycles. The number of alkyl carbamates (subject to hydrolysis) is 1. The highest BCUT2D eigenvalue weighted by Gasteiger charge is 2.31. The molecule has 2 fully saturated rings. The van der Waals surface area contributed by atoms with Gasteiger partial charge in [0.25, 0.3) is 0 Å². The molecule has 1 amide bonds. The van der Waals surface area contributed by atoms with Gasteiger partial charge >= 0.3 is 6.09 Å². The largest absolute Gasteiger partial charge is 0.444 e. The summed E-state index contributed by atoms with van der Waals surface area (Å²) in [7, 11) is 0. The SMILES string of the molecule is CC(C)(C)OC(=O)NCC1CCCC1NCC1CC(O)C1. The number of hydrogen-bond acceptors (Lipinski definition) is 4. The van der Waals surface area contributed by atoms with E-state index in [0.29, 0.717) is 24.4 Å². The molecule has 3 N–H and O–H groups in total. The van der Waals surface area contributed by atoms with Crippen LogP contribution in [0.1, 0.15) is 52.9 Å². The molecule has 0 saturated heterocycles. The Bertz CT molecular complexity index is 348. The van der Waals surface area contributed by atoms with Gasteiger partial charge in [0.15, 0.2) is 0 Å². The minimum Gasteiger partial charge on any atom is -0.444 e. The molecule has 2 atom stereocenters. The van der Waals surface area contributed by atoms with E-state index in [1.807, 2.05) is 20.8 Å². The lowest BCUT2D eigenvalue weighted by Crippen LogP contribution is -2.44. The van der Waals surface area contributed by atoms with Crippen LogP contribution >= 0.6 is 0 Å². The normalized spacial score (nSPS) is 32.6. The first-order chi connectivity index (χ1) is 9.83. The topological polar surface area (TPSA) is 70.6 Å². The van der Waals surface area contributed by atoms with Gasteiger partial charge in [-0.3, -0.25) is 0 Å². The van der Waals surface area contributed by atoms with E-state index in [1.54, 1.807) is 0 Å². The summed E-state index contributed by atoms with van der Waals surface area (Å²) >= 11 is 0. The van der Waals surface area contributed by atoms with E-state index in [4.69, 9.17) is 4.74 Å². The van der Waals surface area contributed by atoms with Gasteiger partial charge in [0, 0.05) is 12.6 Å². The lowest BCUT2D eigenvalue weighted by atomic mass is 9.82. The molecule has 0 aromatic carbocycles. The first kappa shape index (κ1) is 16.6. The predicted octanol–water partition coefficient (Wildman–Crippen LogP) is 2.04. The van der Waals surface area contributed by atoms with Gasteiger partial charge in [0.1, 0.15) is 5.60 Å². The van der Waals surface area contributed by atoms with Crippen molar-refractivity contribution in [1.29, 1.82) is 0 Å². The summed E-state index contributed by atoms with van der Waals surface area (Å²) in [6, 6.07) is 0.484. The number of carbonyl (C=O) groups excluding carboxylic acids is 1. The molecule has 2 unspecified atom stereocenters. The third-order valence-electron chi connectivity index (χ3n) is 4.45. The molecule has 0 radical (unpaired) electrons. The summed E-state index contributed by atoms with van der Waals surface area (Å²) < 4.78 is 5.27. The Hall–Kier alpha value is -0.810. The molecule has 0 bridgehead atoms. The maximum atomic E-state index is 11.7. The number of aliphatic hydroxyl groups excluding tert-OH is 1. The zero-order valence-electron chi connectivity index (χ0n) is 13.5. The first-order valence-corrected chi connectivity index (χ1v) is 8.22. The highest BCUT2D eigenvalue weighted by molar-refractivity contribution is 5.67. The van der Waals surface area contributed by atoms with Gasteiger partial charge in [0.2, 0.25) is 0 Å². The van der Waals surface area contributed by atoms with Crippen molar-refractivity contribution >= 4 is 6.09 Å². The highest BCUT2D eigenvalue weighted by atomic mass is 16.6. The monoisotopic (exact) mass is 298 g/mol. The van der Waals surface area contributed by atoms with E-state index in [9.17, 15) is 9.90 Å². The van der Waals surface area contributed by atoms with Gasteiger partial charge in [-0.25, -0.2) is 4.79 Å². The maximum absolute atomic E-state index is 11.7. The molecule has 5 nitrogen and oxygen atoms in total. The van der Waals surface area contributed by atoms with Crippen molar-refractivity contribution in [3.8, 4) is 0 Å². The predicted molar refractivity (Wildman–Crippen MR) is 82.1 cm³/mol. The van der Waals surface area contributed by atoms with E-state index < -0.39 is 5.60 Å². The summed E-state index contributed by atoms with van der Waals surface area (Å²) in [5, 5.41) is 15.8. The second kappa shape index (κ2) is 6.97. The molecule has 2 rings (SSSR count). The van der Waals surface area contributed by atoms with Crippen LogP contribution in [-0.4, -0.2) is 42.0 Å². The molecule has 0 aromatic rings. The average Bonchev–Trinajstić information content (AvgIpc) is 2.76. The minimum absolute atomic E-state index is 0.0787. The summed E-state index contributed by atoms with van der Waals surface area (Å²) in [6.45, 7) is 7.29. The maximum Gasteiger partial charge on any atom is 0.407 e. The molecule has 0 spiro atoms. The highest BCUT2D eigenvalue weighted by Crippen LogP contribution is 2.29. The number of rotatable bonds is 5. The Kier molecular flexibility index (Phi) is 5.49. The minimum atomic E-state index is -0.442. The third-order valence-corrected chi connectivity index (χ3v) is 4.45. The Morgan fingerprint density at radius 3 is 2.57 bits per heavy atom. The molecule has 0 aromatic heterocycles. The number of aliphatic hydroxyl groups is 1. The molecule has 2 aliphatic carbocycles. The first-order valence-electron chi connectivity index (χ1n) is 8.22. The van der Waals surface area contributed by atoms with Gasteiger partial charge in [-0.15, -0.1) is 0 Å². The van der Waals surface area contributed by atoms with Gasteiger partial charge < -0.3 is 20.5 Å². The summed E-state index contributed by atoms with van der Waals surface area (Å²) in [5.74, 6) is 1.11. The Morgan fingerprint density at radius 2 is 1.95 bits per heavy atom. The summed E-state index contributed by atoms with van der Waals surface area (Å²) in [6.07, 6.45) is 5.00. The van der Waals surface area contributed by atoms with Crippen LogP contribution in [0.3, 0.4) is 0 Å². The molecular formula is C16H30N2O3. The molecular weight excluding hydrogens is 268 g/mol.